The summed E-state index contributed by atoms with van der Waals surface area (Å²) in [5.41, 5.74) is 0.313. The predicted octanol–water partition coefficient (Wildman–Crippen LogP) is 3.44. The maximum absolute atomic E-state index is 13.0. The molecule has 21 heavy (non-hydrogen) atoms. The second-order valence-electron chi connectivity index (χ2n) is 4.07. The number of halogens is 1. The van der Waals surface area contributed by atoms with Crippen molar-refractivity contribution < 1.29 is 18.0 Å². The number of rotatable bonds is 5. The molecule has 0 saturated heterocycles. The largest absolute Gasteiger partial charge is 0.459 e. The van der Waals surface area contributed by atoms with E-state index >= 15 is 0 Å². The highest BCUT2D eigenvalue weighted by molar-refractivity contribution is 7.99. The minimum atomic E-state index is -0.441. The Bertz CT molecular complexity index is 755. The van der Waals surface area contributed by atoms with Crippen LogP contribution in [0.3, 0.4) is 0 Å². The van der Waals surface area contributed by atoms with Gasteiger partial charge in [0.05, 0.1) is 12.0 Å². The van der Waals surface area contributed by atoms with E-state index in [1.165, 1.54) is 24.5 Å². The summed E-state index contributed by atoms with van der Waals surface area (Å²) in [5, 5.41) is 7.89. The monoisotopic (exact) mass is 304 g/mol. The average molecular weight is 304 g/mol. The maximum atomic E-state index is 13.0. The van der Waals surface area contributed by atoms with Crippen LogP contribution in [-0.4, -0.2) is 21.7 Å². The minimum absolute atomic E-state index is 0.0865. The number of hydrogen-bond donors (Lipinski definition) is 0. The number of furan rings is 1. The van der Waals surface area contributed by atoms with E-state index in [0.29, 0.717) is 11.3 Å². The molecule has 0 aliphatic carbocycles. The Morgan fingerprint density at radius 3 is 2.90 bits per heavy atom. The highest BCUT2D eigenvalue weighted by Gasteiger charge is 2.13. The molecule has 0 bridgehead atoms. The maximum Gasteiger partial charge on any atom is 0.284 e. The first-order valence-corrected chi connectivity index (χ1v) is 7.00. The summed E-state index contributed by atoms with van der Waals surface area (Å²) in [6.07, 6.45) is 1.50. The molecule has 5 nitrogen and oxygen atoms in total. The van der Waals surface area contributed by atoms with Crippen LogP contribution in [0.4, 0.5) is 4.39 Å². The number of aromatic nitrogens is 2. The first-order valence-electron chi connectivity index (χ1n) is 6.01. The third-order valence-corrected chi connectivity index (χ3v) is 3.43. The van der Waals surface area contributed by atoms with Crippen LogP contribution in [0, 0.1) is 5.82 Å². The lowest BCUT2D eigenvalue weighted by Crippen LogP contribution is -2.02. The SMILES string of the molecule is O=C(CSc1nnc(-c2ccco2)o1)c1cccc(F)c1. The van der Waals surface area contributed by atoms with E-state index in [1.807, 2.05) is 0 Å². The number of thioether (sulfide) groups is 1. The van der Waals surface area contributed by atoms with Gasteiger partial charge in [-0.2, -0.15) is 0 Å². The van der Waals surface area contributed by atoms with Crippen LogP contribution in [-0.2, 0) is 0 Å². The molecule has 3 aromatic rings. The number of hydrogen-bond acceptors (Lipinski definition) is 6. The molecule has 3 rings (SSSR count). The summed E-state index contributed by atoms with van der Waals surface area (Å²) < 4.78 is 23.5. The van der Waals surface area contributed by atoms with Crippen molar-refractivity contribution in [1.82, 2.24) is 10.2 Å². The summed E-state index contributed by atoms with van der Waals surface area (Å²) in [6.45, 7) is 0. The zero-order valence-electron chi connectivity index (χ0n) is 10.7. The van der Waals surface area contributed by atoms with Crippen LogP contribution in [0.2, 0.25) is 0 Å². The number of nitrogens with zero attached hydrogens (tertiary/aromatic N) is 2. The molecule has 0 unspecified atom stereocenters. The lowest BCUT2D eigenvalue weighted by molar-refractivity contribution is 0.102. The number of carbonyl (C=O) groups is 1. The van der Waals surface area contributed by atoms with Gasteiger partial charge in [0.25, 0.3) is 11.1 Å². The molecule has 2 heterocycles. The molecule has 0 fully saturated rings. The second kappa shape index (κ2) is 5.92. The lowest BCUT2D eigenvalue weighted by Gasteiger charge is -1.98. The Kier molecular flexibility index (Phi) is 3.83. The fourth-order valence-corrected chi connectivity index (χ4v) is 2.30. The fourth-order valence-electron chi connectivity index (χ4n) is 1.64. The lowest BCUT2D eigenvalue weighted by atomic mass is 10.1. The molecule has 0 atom stereocenters. The molecule has 0 radical (unpaired) electrons. The third kappa shape index (κ3) is 3.19. The van der Waals surface area contributed by atoms with Gasteiger partial charge in [-0.05, 0) is 24.3 Å². The van der Waals surface area contributed by atoms with Gasteiger partial charge in [-0.1, -0.05) is 23.9 Å². The van der Waals surface area contributed by atoms with Crippen molar-refractivity contribution in [2.24, 2.45) is 0 Å². The van der Waals surface area contributed by atoms with Crippen molar-refractivity contribution >= 4 is 17.5 Å². The Hall–Kier alpha value is -2.41. The molecule has 0 aliphatic heterocycles. The second-order valence-corrected chi connectivity index (χ2v) is 5.00. The standard InChI is InChI=1S/C14H9FN2O3S/c15-10-4-1-3-9(7-10)11(18)8-21-14-17-16-13(20-14)12-5-2-6-19-12/h1-7H,8H2. The van der Waals surface area contributed by atoms with Crippen LogP contribution in [0.15, 0.2) is 56.7 Å². The van der Waals surface area contributed by atoms with Crippen LogP contribution >= 0.6 is 11.8 Å². The molecule has 0 saturated carbocycles. The number of carbonyl (C=O) groups excluding carboxylic acids is 1. The molecule has 1 aromatic carbocycles. The normalized spacial score (nSPS) is 10.7. The summed E-state index contributed by atoms with van der Waals surface area (Å²) in [6, 6.07) is 8.95. The van der Waals surface area contributed by atoms with Crippen LogP contribution in [0.5, 0.6) is 0 Å². The van der Waals surface area contributed by atoms with E-state index in [-0.39, 0.29) is 22.6 Å². The zero-order valence-corrected chi connectivity index (χ0v) is 11.5. The van der Waals surface area contributed by atoms with Crippen molar-refractivity contribution in [3.05, 3.63) is 54.0 Å². The van der Waals surface area contributed by atoms with Gasteiger partial charge >= 0.3 is 0 Å². The predicted molar refractivity (Wildman–Crippen MR) is 73.5 cm³/mol. The first-order chi connectivity index (χ1) is 10.2. The van der Waals surface area contributed by atoms with Crippen molar-refractivity contribution in [2.75, 3.05) is 5.75 Å². The molecule has 0 N–H and O–H groups in total. The van der Waals surface area contributed by atoms with E-state index in [0.717, 1.165) is 11.8 Å². The Morgan fingerprint density at radius 1 is 1.24 bits per heavy atom. The molecule has 0 spiro atoms. The fraction of sp³-hybridized carbons (Fsp3) is 0.0714. The van der Waals surface area contributed by atoms with Gasteiger partial charge in [0.2, 0.25) is 0 Å². The third-order valence-electron chi connectivity index (χ3n) is 2.61. The number of benzene rings is 1. The zero-order chi connectivity index (χ0) is 14.7. The van der Waals surface area contributed by atoms with E-state index in [1.54, 1.807) is 18.2 Å². The summed E-state index contributed by atoms with van der Waals surface area (Å²) in [4.78, 5) is 11.9. The average Bonchev–Trinajstić information content (AvgIpc) is 3.15. The molecule has 106 valence electrons. The molecular formula is C14H9FN2O3S. The van der Waals surface area contributed by atoms with E-state index in [4.69, 9.17) is 8.83 Å². The highest BCUT2D eigenvalue weighted by atomic mass is 32.2. The molecular weight excluding hydrogens is 295 g/mol. The molecule has 0 aliphatic rings. The molecule has 0 amide bonds. The first kappa shape index (κ1) is 13.6. The van der Waals surface area contributed by atoms with E-state index < -0.39 is 5.82 Å². The van der Waals surface area contributed by atoms with Gasteiger partial charge in [-0.25, -0.2) is 4.39 Å². The van der Waals surface area contributed by atoms with Crippen molar-refractivity contribution in [3.63, 3.8) is 0 Å². The van der Waals surface area contributed by atoms with Gasteiger partial charge in [0.15, 0.2) is 11.5 Å². The van der Waals surface area contributed by atoms with Gasteiger partial charge in [-0.3, -0.25) is 4.79 Å². The van der Waals surface area contributed by atoms with Crippen molar-refractivity contribution in [3.8, 4) is 11.7 Å². The summed E-state index contributed by atoms with van der Waals surface area (Å²) >= 11 is 1.09. The van der Waals surface area contributed by atoms with Gasteiger partial charge < -0.3 is 8.83 Å². The molecule has 7 heteroatoms. The topological polar surface area (TPSA) is 69.1 Å². The Morgan fingerprint density at radius 2 is 2.14 bits per heavy atom. The van der Waals surface area contributed by atoms with Gasteiger partial charge in [0, 0.05) is 5.56 Å². The van der Waals surface area contributed by atoms with Gasteiger partial charge in [0.1, 0.15) is 5.82 Å². The van der Waals surface area contributed by atoms with Crippen LogP contribution < -0.4 is 0 Å². The van der Waals surface area contributed by atoms with Crippen LogP contribution in [0.25, 0.3) is 11.7 Å². The summed E-state index contributed by atoms with van der Waals surface area (Å²) in [7, 11) is 0. The van der Waals surface area contributed by atoms with E-state index in [2.05, 4.69) is 10.2 Å². The smallest absolute Gasteiger partial charge is 0.284 e. The number of ketones is 1. The van der Waals surface area contributed by atoms with Crippen LogP contribution in [0.1, 0.15) is 10.4 Å². The van der Waals surface area contributed by atoms with Crippen molar-refractivity contribution in [1.29, 1.82) is 0 Å². The quantitative estimate of drug-likeness (QED) is 0.531. The Labute approximate surface area is 123 Å². The van der Waals surface area contributed by atoms with E-state index in [9.17, 15) is 9.18 Å². The van der Waals surface area contributed by atoms with Gasteiger partial charge in [-0.15, -0.1) is 10.2 Å². The summed E-state index contributed by atoms with van der Waals surface area (Å²) in [5.74, 6) is 0.149. The Balaban J connectivity index is 1.64. The highest BCUT2D eigenvalue weighted by Crippen LogP contribution is 2.23. The minimum Gasteiger partial charge on any atom is -0.459 e. The number of Topliss-reactive ketones (excluding diaryl/α,β-unsaturated/α-hetero) is 1. The van der Waals surface area contributed by atoms with Crippen molar-refractivity contribution in [2.45, 2.75) is 5.22 Å². The molecule has 2 aromatic heterocycles.